The number of halogens is 2. The topological polar surface area (TPSA) is 134 Å². The molecule has 0 spiro atoms. The molecule has 1 unspecified atom stereocenters. The van der Waals surface area contributed by atoms with Crippen LogP contribution >= 0.6 is 11.6 Å². The molecule has 1 saturated heterocycles. The number of likely N-dealkylation sites (tertiary alicyclic amines) is 1. The number of piperidine rings is 1. The van der Waals surface area contributed by atoms with Gasteiger partial charge in [-0.1, -0.05) is 17.7 Å². The Morgan fingerprint density at radius 3 is 2.57 bits per heavy atom. The molecule has 13 heteroatoms. The molecule has 0 radical (unpaired) electrons. The van der Waals surface area contributed by atoms with E-state index in [4.69, 9.17) is 22.4 Å². The van der Waals surface area contributed by atoms with Crippen LogP contribution in [0.5, 0.6) is 0 Å². The van der Waals surface area contributed by atoms with Crippen molar-refractivity contribution >= 4 is 27.5 Å². The Bertz CT molecular complexity index is 1540. The second kappa shape index (κ2) is 12.8. The van der Waals surface area contributed by atoms with Gasteiger partial charge in [0, 0.05) is 66.0 Å². The molecule has 0 saturated carbocycles. The summed E-state index contributed by atoms with van der Waals surface area (Å²) in [7, 11) is -3.43. The van der Waals surface area contributed by atoms with Crippen LogP contribution in [0.4, 0.5) is 4.39 Å². The lowest BCUT2D eigenvalue weighted by atomic mass is 10.0. The summed E-state index contributed by atoms with van der Waals surface area (Å²) in [6, 6.07) is 10.8. The largest absolute Gasteiger partial charge is 0.390 e. The minimum Gasteiger partial charge on any atom is -0.390 e. The predicted octanol–water partition coefficient (Wildman–Crippen LogP) is 2.37. The minimum atomic E-state index is -3.43. The van der Waals surface area contributed by atoms with Crippen LogP contribution in [-0.4, -0.2) is 83.0 Å². The van der Waals surface area contributed by atoms with Crippen molar-refractivity contribution in [2.75, 3.05) is 32.4 Å². The first kappa shape index (κ1) is 30.6. The standard InChI is InChI=1S/C29H36ClFN6O4S/c1-42(40,41)36-13-10-27-25(18-36)28(34-37(27)17-24(38)16-35-11-8-23(32)9-12-35)20-4-7-26(30)21(14-20)15-33-29(39)19-2-5-22(31)6-3-19/h2-7,14,23-24,38H,8-13,15-18,32H2,1H3,(H,33,39). The monoisotopic (exact) mass is 618 g/mol. The lowest BCUT2D eigenvalue weighted by Gasteiger charge is -2.31. The molecule has 2 aromatic carbocycles. The van der Waals surface area contributed by atoms with Crippen molar-refractivity contribution in [1.82, 2.24) is 24.3 Å². The van der Waals surface area contributed by atoms with Gasteiger partial charge >= 0.3 is 0 Å². The molecule has 226 valence electrons. The molecule has 10 nitrogen and oxygen atoms in total. The fourth-order valence-corrected chi connectivity index (χ4v) is 6.53. The molecule has 3 aromatic rings. The van der Waals surface area contributed by atoms with Crippen LogP contribution in [0.15, 0.2) is 42.5 Å². The van der Waals surface area contributed by atoms with Gasteiger partial charge in [-0.15, -0.1) is 0 Å². The number of β-amino-alcohol motifs (C(OH)–C–C–N with tert-alkyl or cyclic N) is 1. The Morgan fingerprint density at radius 1 is 1.17 bits per heavy atom. The summed E-state index contributed by atoms with van der Waals surface area (Å²) in [5.74, 6) is -0.796. The van der Waals surface area contributed by atoms with Gasteiger partial charge in [-0.3, -0.25) is 9.48 Å². The summed E-state index contributed by atoms with van der Waals surface area (Å²) in [5.41, 5.74) is 9.99. The number of nitrogens with one attached hydrogen (secondary N) is 1. The second-order valence-electron chi connectivity index (χ2n) is 11.1. The molecule has 0 bridgehead atoms. The number of nitrogens with two attached hydrogens (primary N) is 1. The molecule has 0 aliphatic carbocycles. The van der Waals surface area contributed by atoms with Gasteiger partial charge in [0.2, 0.25) is 10.0 Å². The molecule has 5 rings (SSSR count). The van der Waals surface area contributed by atoms with Gasteiger partial charge in [0.25, 0.3) is 5.91 Å². The first-order chi connectivity index (χ1) is 20.0. The lowest BCUT2D eigenvalue weighted by molar-refractivity contribution is 0.0818. The van der Waals surface area contributed by atoms with E-state index in [1.54, 1.807) is 10.7 Å². The van der Waals surface area contributed by atoms with E-state index < -0.39 is 21.9 Å². The van der Waals surface area contributed by atoms with Crippen LogP contribution in [-0.2, 0) is 36.1 Å². The Balaban J connectivity index is 1.39. The number of fused-ring (bicyclic) bond motifs is 1. The van der Waals surface area contributed by atoms with E-state index in [1.165, 1.54) is 34.8 Å². The molecule has 1 fully saturated rings. The minimum absolute atomic E-state index is 0.124. The Hall–Kier alpha value is -2.87. The highest BCUT2D eigenvalue weighted by Crippen LogP contribution is 2.33. The van der Waals surface area contributed by atoms with Gasteiger partial charge in [-0.25, -0.2) is 12.8 Å². The third-order valence-corrected chi connectivity index (χ3v) is 9.54. The first-order valence-corrected chi connectivity index (χ1v) is 16.2. The molecule has 3 heterocycles. The highest BCUT2D eigenvalue weighted by molar-refractivity contribution is 7.88. The molecule has 1 aromatic heterocycles. The molecule has 4 N–H and O–H groups in total. The van der Waals surface area contributed by atoms with Crippen molar-refractivity contribution in [2.45, 2.75) is 51.0 Å². The molecular weight excluding hydrogens is 583 g/mol. The molecule has 1 atom stereocenters. The quantitative estimate of drug-likeness (QED) is 0.335. The van der Waals surface area contributed by atoms with E-state index in [9.17, 15) is 22.7 Å². The number of aliphatic hydroxyl groups excluding tert-OH is 1. The smallest absolute Gasteiger partial charge is 0.251 e. The van der Waals surface area contributed by atoms with E-state index >= 15 is 0 Å². The van der Waals surface area contributed by atoms with Crippen LogP contribution in [0.1, 0.15) is 40.0 Å². The molecule has 42 heavy (non-hydrogen) atoms. The maximum absolute atomic E-state index is 13.2. The van der Waals surface area contributed by atoms with Crippen LogP contribution < -0.4 is 11.1 Å². The molecule has 2 aliphatic heterocycles. The van der Waals surface area contributed by atoms with Crippen LogP contribution in [0, 0.1) is 5.82 Å². The van der Waals surface area contributed by atoms with Crippen molar-refractivity contribution in [2.24, 2.45) is 5.73 Å². The fraction of sp³-hybridized carbons (Fsp3) is 0.448. The zero-order chi connectivity index (χ0) is 30.0. The molecular formula is C29H36ClFN6O4S. The maximum atomic E-state index is 13.2. The van der Waals surface area contributed by atoms with Gasteiger partial charge in [0.05, 0.1) is 24.6 Å². The van der Waals surface area contributed by atoms with Crippen LogP contribution in [0.2, 0.25) is 5.02 Å². The van der Waals surface area contributed by atoms with Crippen molar-refractivity contribution in [3.63, 3.8) is 0 Å². The third-order valence-electron chi connectivity index (χ3n) is 7.92. The highest BCUT2D eigenvalue weighted by Gasteiger charge is 2.31. The van der Waals surface area contributed by atoms with Crippen molar-refractivity contribution in [3.05, 3.63) is 75.7 Å². The molecule has 2 aliphatic rings. The summed E-state index contributed by atoms with van der Waals surface area (Å²) >= 11 is 6.48. The Labute approximate surface area is 250 Å². The summed E-state index contributed by atoms with van der Waals surface area (Å²) in [6.07, 6.45) is 2.80. The zero-order valence-corrected chi connectivity index (χ0v) is 25.0. The average Bonchev–Trinajstić information content (AvgIpc) is 3.31. The van der Waals surface area contributed by atoms with E-state index in [0.29, 0.717) is 41.4 Å². The molecule has 1 amide bonds. The number of hydrogen-bond donors (Lipinski definition) is 3. The normalized spacial score (nSPS) is 17.6. The predicted molar refractivity (Wildman–Crippen MR) is 159 cm³/mol. The number of sulfonamides is 1. The number of aliphatic hydroxyl groups is 1. The van der Waals surface area contributed by atoms with E-state index in [0.717, 1.165) is 42.8 Å². The summed E-state index contributed by atoms with van der Waals surface area (Å²) in [6.45, 7) is 3.09. The van der Waals surface area contributed by atoms with Gasteiger partial charge in [-0.2, -0.15) is 9.40 Å². The van der Waals surface area contributed by atoms with Gasteiger partial charge in [0.1, 0.15) is 5.82 Å². The van der Waals surface area contributed by atoms with E-state index in [1.807, 2.05) is 12.1 Å². The van der Waals surface area contributed by atoms with Gasteiger partial charge in [0.15, 0.2) is 0 Å². The van der Waals surface area contributed by atoms with Gasteiger partial charge in [-0.05, 0) is 67.9 Å². The fourth-order valence-electron chi connectivity index (χ4n) is 5.56. The Kier molecular flexibility index (Phi) is 9.31. The number of hydrogen-bond acceptors (Lipinski definition) is 7. The number of nitrogens with zero attached hydrogens (tertiary/aromatic N) is 4. The zero-order valence-electron chi connectivity index (χ0n) is 23.5. The third kappa shape index (κ3) is 7.19. The lowest BCUT2D eigenvalue weighted by Crippen LogP contribution is -2.44. The number of carbonyl (C=O) groups excluding carboxylic acids is 1. The highest BCUT2D eigenvalue weighted by atomic mass is 35.5. The SMILES string of the molecule is CS(=O)(=O)N1CCc2c(c(-c3ccc(Cl)c(CNC(=O)c4ccc(F)cc4)c3)nn2CC(O)CN2CCC(N)CC2)C1. The summed E-state index contributed by atoms with van der Waals surface area (Å²) < 4.78 is 41.3. The van der Waals surface area contributed by atoms with Crippen molar-refractivity contribution in [1.29, 1.82) is 0 Å². The average molecular weight is 619 g/mol. The second-order valence-corrected chi connectivity index (χ2v) is 13.5. The maximum Gasteiger partial charge on any atom is 0.251 e. The van der Waals surface area contributed by atoms with E-state index in [2.05, 4.69) is 10.2 Å². The number of aromatic nitrogens is 2. The number of benzene rings is 2. The summed E-state index contributed by atoms with van der Waals surface area (Å²) in [4.78, 5) is 14.8. The Morgan fingerprint density at radius 2 is 1.88 bits per heavy atom. The van der Waals surface area contributed by atoms with Gasteiger partial charge < -0.3 is 21.1 Å². The number of amides is 1. The van der Waals surface area contributed by atoms with Crippen LogP contribution in [0.3, 0.4) is 0 Å². The summed E-state index contributed by atoms with van der Waals surface area (Å²) in [5, 5.41) is 19.1. The van der Waals surface area contributed by atoms with E-state index in [-0.39, 0.29) is 31.6 Å². The van der Waals surface area contributed by atoms with Crippen molar-refractivity contribution in [3.8, 4) is 11.3 Å². The first-order valence-electron chi connectivity index (χ1n) is 14.0. The number of rotatable bonds is 9. The van der Waals surface area contributed by atoms with Crippen molar-refractivity contribution < 1.29 is 22.7 Å². The van der Waals surface area contributed by atoms with Crippen LogP contribution in [0.25, 0.3) is 11.3 Å². The number of carbonyl (C=O) groups is 1.